The van der Waals surface area contributed by atoms with E-state index in [0.717, 1.165) is 0 Å². The van der Waals surface area contributed by atoms with Crippen molar-refractivity contribution in [1.82, 2.24) is 19.4 Å². The third-order valence-electron chi connectivity index (χ3n) is 4.58. The van der Waals surface area contributed by atoms with E-state index in [-0.39, 0.29) is 24.2 Å². The molecule has 0 aromatic carbocycles. The van der Waals surface area contributed by atoms with Gasteiger partial charge in [-0.3, -0.25) is 14.4 Å². The van der Waals surface area contributed by atoms with E-state index in [1.807, 2.05) is 0 Å². The Morgan fingerprint density at radius 1 is 1.38 bits per heavy atom. The van der Waals surface area contributed by atoms with Crippen molar-refractivity contribution in [2.45, 2.75) is 33.4 Å². The lowest BCUT2D eigenvalue weighted by molar-refractivity contribution is -0.137. The largest absolute Gasteiger partial charge is 0.364 e. The van der Waals surface area contributed by atoms with Crippen LogP contribution in [0.25, 0.3) is 0 Å². The molecule has 2 aliphatic heterocycles. The van der Waals surface area contributed by atoms with E-state index < -0.39 is 5.91 Å². The molecule has 8 heteroatoms. The Labute approximate surface area is 140 Å². The SMILES string of the molecule is CC(C)CN1C[C@H](C(=O)N2CCn3c(C(N)=O)cnc3C2)CC1=O. The van der Waals surface area contributed by atoms with Gasteiger partial charge in [-0.05, 0) is 5.92 Å². The van der Waals surface area contributed by atoms with Gasteiger partial charge in [0.25, 0.3) is 5.91 Å². The molecule has 0 bridgehead atoms. The van der Waals surface area contributed by atoms with Crippen LogP contribution in [0.4, 0.5) is 0 Å². The number of fused-ring (bicyclic) bond motifs is 1. The summed E-state index contributed by atoms with van der Waals surface area (Å²) >= 11 is 0. The molecule has 0 spiro atoms. The highest BCUT2D eigenvalue weighted by atomic mass is 16.2. The van der Waals surface area contributed by atoms with Crippen LogP contribution in [-0.2, 0) is 22.7 Å². The Balaban J connectivity index is 1.67. The second kappa shape index (κ2) is 6.26. The molecule has 1 atom stereocenters. The summed E-state index contributed by atoms with van der Waals surface area (Å²) in [6.45, 7) is 6.64. The highest BCUT2D eigenvalue weighted by molar-refractivity contribution is 5.91. The maximum atomic E-state index is 12.7. The molecule has 0 unspecified atom stereocenters. The predicted molar refractivity (Wildman–Crippen MR) is 85.7 cm³/mol. The van der Waals surface area contributed by atoms with Crippen LogP contribution in [0.2, 0.25) is 0 Å². The Morgan fingerprint density at radius 3 is 2.79 bits per heavy atom. The van der Waals surface area contributed by atoms with Gasteiger partial charge in [-0.25, -0.2) is 4.98 Å². The monoisotopic (exact) mass is 333 g/mol. The molecule has 2 N–H and O–H groups in total. The van der Waals surface area contributed by atoms with Crippen molar-refractivity contribution in [3.05, 3.63) is 17.7 Å². The van der Waals surface area contributed by atoms with Gasteiger partial charge in [0, 0.05) is 32.6 Å². The minimum absolute atomic E-state index is 0.00974. The van der Waals surface area contributed by atoms with E-state index in [4.69, 9.17) is 5.73 Å². The molecule has 3 heterocycles. The number of nitrogens with zero attached hydrogens (tertiary/aromatic N) is 4. The van der Waals surface area contributed by atoms with Crippen molar-refractivity contribution in [1.29, 1.82) is 0 Å². The lowest BCUT2D eigenvalue weighted by Gasteiger charge is -2.30. The second-order valence-electron chi connectivity index (χ2n) is 6.93. The number of nitrogens with two attached hydrogens (primary N) is 1. The Kier molecular flexibility index (Phi) is 4.29. The number of imidazole rings is 1. The maximum absolute atomic E-state index is 12.7. The third-order valence-corrected chi connectivity index (χ3v) is 4.58. The van der Waals surface area contributed by atoms with E-state index >= 15 is 0 Å². The fraction of sp³-hybridized carbons (Fsp3) is 0.625. The summed E-state index contributed by atoms with van der Waals surface area (Å²) in [5.41, 5.74) is 5.69. The van der Waals surface area contributed by atoms with E-state index in [1.165, 1.54) is 6.20 Å². The summed E-state index contributed by atoms with van der Waals surface area (Å²) in [5.74, 6) is 0.290. The van der Waals surface area contributed by atoms with E-state index in [9.17, 15) is 14.4 Å². The van der Waals surface area contributed by atoms with Crippen LogP contribution in [0.5, 0.6) is 0 Å². The fourth-order valence-corrected chi connectivity index (χ4v) is 3.46. The first-order valence-corrected chi connectivity index (χ1v) is 8.27. The molecule has 3 amide bonds. The van der Waals surface area contributed by atoms with Crippen LogP contribution >= 0.6 is 0 Å². The number of rotatable bonds is 4. The summed E-state index contributed by atoms with van der Waals surface area (Å²) in [6, 6.07) is 0. The summed E-state index contributed by atoms with van der Waals surface area (Å²) < 4.78 is 1.76. The zero-order chi connectivity index (χ0) is 17.4. The van der Waals surface area contributed by atoms with Gasteiger partial charge in [0.15, 0.2) is 0 Å². The van der Waals surface area contributed by atoms with Gasteiger partial charge < -0.3 is 20.1 Å². The van der Waals surface area contributed by atoms with E-state index in [1.54, 1.807) is 14.4 Å². The molecule has 3 rings (SSSR count). The van der Waals surface area contributed by atoms with Crippen LogP contribution in [0, 0.1) is 11.8 Å². The molecular weight excluding hydrogens is 310 g/mol. The number of primary amides is 1. The van der Waals surface area contributed by atoms with Crippen molar-refractivity contribution >= 4 is 17.7 Å². The van der Waals surface area contributed by atoms with E-state index in [0.29, 0.717) is 50.2 Å². The minimum atomic E-state index is -0.515. The van der Waals surface area contributed by atoms with Crippen LogP contribution in [0.3, 0.4) is 0 Å². The van der Waals surface area contributed by atoms with Crippen LogP contribution in [-0.4, -0.2) is 56.7 Å². The first kappa shape index (κ1) is 16.5. The van der Waals surface area contributed by atoms with Gasteiger partial charge in [0.2, 0.25) is 11.8 Å². The maximum Gasteiger partial charge on any atom is 0.266 e. The molecule has 1 saturated heterocycles. The zero-order valence-electron chi connectivity index (χ0n) is 14.1. The van der Waals surface area contributed by atoms with Crippen molar-refractivity contribution in [3.63, 3.8) is 0 Å². The lowest BCUT2D eigenvalue weighted by Crippen LogP contribution is -2.43. The number of carbonyl (C=O) groups excluding carboxylic acids is 3. The standard InChI is InChI=1S/C16H23N5O3/c1-10(2)7-20-8-11(5-14(20)22)16(24)19-3-4-21-12(15(17)23)6-18-13(21)9-19/h6,10-11H,3-5,7-9H2,1-2H3,(H2,17,23)/t11-/m1/s1. The molecule has 24 heavy (non-hydrogen) atoms. The number of amides is 3. The topological polar surface area (TPSA) is 102 Å². The Bertz CT molecular complexity index is 681. The molecule has 0 aliphatic carbocycles. The molecule has 1 fully saturated rings. The van der Waals surface area contributed by atoms with Crippen molar-refractivity contribution < 1.29 is 14.4 Å². The van der Waals surface area contributed by atoms with Crippen molar-refractivity contribution in [2.24, 2.45) is 17.6 Å². The summed E-state index contributed by atoms with van der Waals surface area (Å²) in [4.78, 5) is 43.9. The van der Waals surface area contributed by atoms with Gasteiger partial charge >= 0.3 is 0 Å². The smallest absolute Gasteiger partial charge is 0.266 e. The molecule has 0 radical (unpaired) electrons. The first-order chi connectivity index (χ1) is 11.4. The molecule has 130 valence electrons. The van der Waals surface area contributed by atoms with Crippen LogP contribution < -0.4 is 5.73 Å². The fourth-order valence-electron chi connectivity index (χ4n) is 3.46. The van der Waals surface area contributed by atoms with Gasteiger partial charge in [-0.2, -0.15) is 0 Å². The molecule has 8 nitrogen and oxygen atoms in total. The zero-order valence-corrected chi connectivity index (χ0v) is 14.1. The Morgan fingerprint density at radius 2 is 2.12 bits per heavy atom. The first-order valence-electron chi connectivity index (χ1n) is 8.27. The molecular formula is C16H23N5O3. The molecule has 2 aliphatic rings. The molecule has 1 aromatic rings. The quantitative estimate of drug-likeness (QED) is 0.826. The average molecular weight is 333 g/mol. The van der Waals surface area contributed by atoms with Crippen LogP contribution in [0.15, 0.2) is 6.20 Å². The van der Waals surface area contributed by atoms with E-state index in [2.05, 4.69) is 18.8 Å². The average Bonchev–Trinajstić information content (AvgIpc) is 3.09. The summed E-state index contributed by atoms with van der Waals surface area (Å²) in [5, 5.41) is 0. The number of likely N-dealkylation sites (tertiary alicyclic amines) is 1. The number of hydrogen-bond donors (Lipinski definition) is 1. The van der Waals surface area contributed by atoms with Gasteiger partial charge in [-0.1, -0.05) is 13.8 Å². The summed E-state index contributed by atoms with van der Waals surface area (Å²) in [6.07, 6.45) is 1.73. The number of aromatic nitrogens is 2. The van der Waals surface area contributed by atoms with Gasteiger partial charge in [-0.15, -0.1) is 0 Å². The van der Waals surface area contributed by atoms with Crippen molar-refractivity contribution in [3.8, 4) is 0 Å². The Hall–Kier alpha value is -2.38. The minimum Gasteiger partial charge on any atom is -0.364 e. The van der Waals surface area contributed by atoms with Gasteiger partial charge in [0.05, 0.1) is 18.7 Å². The van der Waals surface area contributed by atoms with Gasteiger partial charge in [0.1, 0.15) is 11.5 Å². The third kappa shape index (κ3) is 3.00. The highest BCUT2D eigenvalue weighted by Gasteiger charge is 2.37. The second-order valence-corrected chi connectivity index (χ2v) is 6.93. The molecule has 0 saturated carbocycles. The van der Waals surface area contributed by atoms with Crippen LogP contribution in [0.1, 0.15) is 36.6 Å². The highest BCUT2D eigenvalue weighted by Crippen LogP contribution is 2.23. The number of carbonyl (C=O) groups is 3. The summed E-state index contributed by atoms with van der Waals surface area (Å²) in [7, 11) is 0. The normalized spacial score (nSPS) is 20.6. The predicted octanol–water partition coefficient (Wildman–Crippen LogP) is -0.171. The lowest BCUT2D eigenvalue weighted by atomic mass is 10.1. The van der Waals surface area contributed by atoms with Crippen molar-refractivity contribution in [2.75, 3.05) is 19.6 Å². The number of hydrogen-bond acceptors (Lipinski definition) is 4. The molecule has 1 aromatic heterocycles.